The zero-order valence-electron chi connectivity index (χ0n) is 11.3. The summed E-state index contributed by atoms with van der Waals surface area (Å²) in [6.45, 7) is 2.41. The highest BCUT2D eigenvalue weighted by Crippen LogP contribution is 2.26. The minimum atomic E-state index is -2.77. The van der Waals surface area contributed by atoms with Gasteiger partial charge in [0.2, 0.25) is 5.91 Å². The number of benzene rings is 1. The third-order valence-electron chi connectivity index (χ3n) is 3.32. The van der Waals surface area contributed by atoms with Gasteiger partial charge in [0, 0.05) is 19.5 Å². The van der Waals surface area contributed by atoms with Crippen LogP contribution in [0.25, 0.3) is 0 Å². The Kier molecular flexibility index (Phi) is 5.89. The predicted molar refractivity (Wildman–Crippen MR) is 76.1 cm³/mol. The molecule has 1 aliphatic heterocycles. The SMILES string of the molecule is CCN(Cc1ccccc1)C(=O)C1CC(F)(F)CN1.Cl. The van der Waals surface area contributed by atoms with Gasteiger partial charge < -0.3 is 4.90 Å². The van der Waals surface area contributed by atoms with Gasteiger partial charge in [-0.05, 0) is 12.5 Å². The summed E-state index contributed by atoms with van der Waals surface area (Å²) in [5.41, 5.74) is 1.00. The molecule has 1 aromatic carbocycles. The highest BCUT2D eigenvalue weighted by molar-refractivity contribution is 5.85. The van der Waals surface area contributed by atoms with E-state index in [1.165, 1.54) is 0 Å². The predicted octanol–water partition coefficient (Wildman–Crippen LogP) is 2.45. The molecule has 6 heteroatoms. The zero-order chi connectivity index (χ0) is 13.9. The van der Waals surface area contributed by atoms with Crippen molar-refractivity contribution in [3.05, 3.63) is 35.9 Å². The van der Waals surface area contributed by atoms with Gasteiger partial charge in [0.05, 0.1) is 12.6 Å². The fourth-order valence-electron chi connectivity index (χ4n) is 2.26. The monoisotopic (exact) mass is 304 g/mol. The van der Waals surface area contributed by atoms with Gasteiger partial charge in [0.15, 0.2) is 0 Å². The number of nitrogens with one attached hydrogen (secondary N) is 1. The van der Waals surface area contributed by atoms with Crippen LogP contribution in [0.5, 0.6) is 0 Å². The second-order valence-electron chi connectivity index (χ2n) is 4.83. The summed E-state index contributed by atoms with van der Waals surface area (Å²) in [6.07, 6.45) is -0.406. The van der Waals surface area contributed by atoms with Crippen LogP contribution < -0.4 is 5.32 Å². The van der Waals surface area contributed by atoms with Crippen LogP contribution >= 0.6 is 12.4 Å². The lowest BCUT2D eigenvalue weighted by Crippen LogP contribution is -2.43. The molecule has 1 aliphatic rings. The first-order valence-corrected chi connectivity index (χ1v) is 6.46. The van der Waals surface area contributed by atoms with Crippen LogP contribution in [0.1, 0.15) is 18.9 Å². The van der Waals surface area contributed by atoms with Crippen molar-refractivity contribution in [2.24, 2.45) is 0 Å². The van der Waals surface area contributed by atoms with E-state index in [1.54, 1.807) is 4.90 Å². The van der Waals surface area contributed by atoms with Gasteiger partial charge in [0.25, 0.3) is 5.92 Å². The molecule has 0 bridgehead atoms. The van der Waals surface area contributed by atoms with E-state index in [0.29, 0.717) is 13.1 Å². The molecule has 1 aromatic rings. The van der Waals surface area contributed by atoms with Gasteiger partial charge in [-0.15, -0.1) is 12.4 Å². The molecule has 0 spiro atoms. The van der Waals surface area contributed by atoms with Crippen molar-refractivity contribution < 1.29 is 13.6 Å². The van der Waals surface area contributed by atoms with Crippen LogP contribution in [0.15, 0.2) is 30.3 Å². The van der Waals surface area contributed by atoms with E-state index < -0.39 is 24.9 Å². The summed E-state index contributed by atoms with van der Waals surface area (Å²) in [6, 6.07) is 8.78. The van der Waals surface area contributed by atoms with Crippen molar-refractivity contribution in [3.8, 4) is 0 Å². The molecule has 1 unspecified atom stereocenters. The van der Waals surface area contributed by atoms with E-state index >= 15 is 0 Å². The van der Waals surface area contributed by atoms with Crippen LogP contribution in [-0.2, 0) is 11.3 Å². The summed E-state index contributed by atoms with van der Waals surface area (Å²) in [5, 5.41) is 2.61. The van der Waals surface area contributed by atoms with Crippen LogP contribution in [0.3, 0.4) is 0 Å². The highest BCUT2D eigenvalue weighted by atomic mass is 35.5. The quantitative estimate of drug-likeness (QED) is 0.927. The van der Waals surface area contributed by atoms with E-state index in [0.717, 1.165) is 5.56 Å². The Hall–Kier alpha value is -1.20. The summed E-state index contributed by atoms with van der Waals surface area (Å²) >= 11 is 0. The fraction of sp³-hybridized carbons (Fsp3) is 0.500. The molecule has 0 aliphatic carbocycles. The van der Waals surface area contributed by atoms with E-state index in [2.05, 4.69) is 5.32 Å². The normalized spacial score (nSPS) is 20.2. The number of likely N-dealkylation sites (N-methyl/N-ethyl adjacent to an activating group) is 1. The van der Waals surface area contributed by atoms with Crippen LogP contribution in [0.2, 0.25) is 0 Å². The van der Waals surface area contributed by atoms with Gasteiger partial charge in [-0.2, -0.15) is 0 Å². The molecular weight excluding hydrogens is 286 g/mol. The van der Waals surface area contributed by atoms with Crippen molar-refractivity contribution >= 4 is 18.3 Å². The molecule has 3 nitrogen and oxygen atoms in total. The molecule has 2 rings (SSSR count). The first-order valence-electron chi connectivity index (χ1n) is 6.46. The third kappa shape index (κ3) is 4.15. The second-order valence-corrected chi connectivity index (χ2v) is 4.83. The van der Waals surface area contributed by atoms with Crippen molar-refractivity contribution in [3.63, 3.8) is 0 Å². The first-order chi connectivity index (χ1) is 9.02. The Morgan fingerprint density at radius 3 is 2.55 bits per heavy atom. The van der Waals surface area contributed by atoms with Crippen LogP contribution in [0.4, 0.5) is 8.78 Å². The third-order valence-corrected chi connectivity index (χ3v) is 3.32. The molecule has 1 atom stereocenters. The van der Waals surface area contributed by atoms with Crippen LogP contribution in [0, 0.1) is 0 Å². The number of amides is 1. The maximum atomic E-state index is 13.1. The number of alkyl halides is 2. The summed E-state index contributed by atoms with van der Waals surface area (Å²) in [5.74, 6) is -3.02. The summed E-state index contributed by atoms with van der Waals surface area (Å²) in [4.78, 5) is 13.8. The maximum absolute atomic E-state index is 13.1. The first kappa shape index (κ1) is 16.9. The average molecular weight is 305 g/mol. The van der Waals surface area contributed by atoms with E-state index in [-0.39, 0.29) is 18.3 Å². The van der Waals surface area contributed by atoms with Gasteiger partial charge in [0.1, 0.15) is 0 Å². The Morgan fingerprint density at radius 2 is 2.05 bits per heavy atom. The molecule has 20 heavy (non-hydrogen) atoms. The molecule has 0 saturated carbocycles. The van der Waals surface area contributed by atoms with Crippen molar-refractivity contribution in [2.45, 2.75) is 31.9 Å². The Bertz CT molecular complexity index is 442. The second kappa shape index (κ2) is 6.99. The van der Waals surface area contributed by atoms with E-state index in [9.17, 15) is 13.6 Å². The van der Waals surface area contributed by atoms with Gasteiger partial charge in [-0.1, -0.05) is 30.3 Å². The Balaban J connectivity index is 0.00000200. The van der Waals surface area contributed by atoms with Gasteiger partial charge >= 0.3 is 0 Å². The molecule has 0 aromatic heterocycles. The maximum Gasteiger partial charge on any atom is 0.262 e. The number of nitrogens with zero attached hydrogens (tertiary/aromatic N) is 1. The minimum absolute atomic E-state index is 0. The number of carbonyl (C=O) groups is 1. The largest absolute Gasteiger partial charge is 0.337 e. The number of halogens is 3. The Labute approximate surface area is 123 Å². The minimum Gasteiger partial charge on any atom is -0.337 e. The van der Waals surface area contributed by atoms with Gasteiger partial charge in [-0.25, -0.2) is 8.78 Å². The van der Waals surface area contributed by atoms with Gasteiger partial charge in [-0.3, -0.25) is 10.1 Å². The summed E-state index contributed by atoms with van der Waals surface area (Å²) in [7, 11) is 0. The highest BCUT2D eigenvalue weighted by Gasteiger charge is 2.43. The van der Waals surface area contributed by atoms with E-state index in [1.807, 2.05) is 37.3 Å². The molecule has 112 valence electrons. The molecule has 1 fully saturated rings. The summed E-state index contributed by atoms with van der Waals surface area (Å²) < 4.78 is 26.2. The molecule has 0 radical (unpaired) electrons. The number of hydrogen-bond donors (Lipinski definition) is 1. The lowest BCUT2D eigenvalue weighted by atomic mass is 10.1. The van der Waals surface area contributed by atoms with Crippen molar-refractivity contribution in [1.29, 1.82) is 0 Å². The Morgan fingerprint density at radius 1 is 1.40 bits per heavy atom. The molecule has 1 saturated heterocycles. The van der Waals surface area contributed by atoms with Crippen LogP contribution in [-0.4, -0.2) is 35.9 Å². The smallest absolute Gasteiger partial charge is 0.262 e. The van der Waals surface area contributed by atoms with Crippen molar-refractivity contribution in [2.75, 3.05) is 13.1 Å². The zero-order valence-corrected chi connectivity index (χ0v) is 12.1. The lowest BCUT2D eigenvalue weighted by Gasteiger charge is -2.24. The average Bonchev–Trinajstić information content (AvgIpc) is 2.77. The molecule has 1 heterocycles. The lowest BCUT2D eigenvalue weighted by molar-refractivity contribution is -0.134. The molecule has 1 amide bonds. The number of carbonyl (C=O) groups excluding carboxylic acids is 1. The van der Waals surface area contributed by atoms with E-state index in [4.69, 9.17) is 0 Å². The topological polar surface area (TPSA) is 32.3 Å². The standard InChI is InChI=1S/C14H18F2N2O.ClH/c1-2-18(9-11-6-4-3-5-7-11)13(19)12-8-14(15,16)10-17-12;/h3-7,12,17H,2,8-10H2,1H3;1H. The molecular formula is C14H19ClF2N2O. The number of rotatable bonds is 4. The fourth-order valence-corrected chi connectivity index (χ4v) is 2.26. The number of hydrogen-bond acceptors (Lipinski definition) is 2. The van der Waals surface area contributed by atoms with Crippen molar-refractivity contribution in [1.82, 2.24) is 10.2 Å². The molecule has 1 N–H and O–H groups in total.